The number of rotatable bonds is 10. The number of unbranched alkanes of at least 4 members (excludes halogenated alkanes) is 2. The number of halogens is 2. The number of benzene rings is 3. The predicted octanol–water partition coefficient (Wildman–Crippen LogP) is 6.16. The minimum atomic E-state index is -1.05. The van der Waals surface area contributed by atoms with Gasteiger partial charge in [0, 0.05) is 17.5 Å². The van der Waals surface area contributed by atoms with Gasteiger partial charge in [0.1, 0.15) is 0 Å². The lowest BCUT2D eigenvalue weighted by Crippen LogP contribution is -2.43. The molecule has 8 heteroatoms. The normalized spacial score (nSPS) is 15.1. The third-order valence-electron chi connectivity index (χ3n) is 8.28. The summed E-state index contributed by atoms with van der Waals surface area (Å²) in [7, 11) is 1.21. The van der Waals surface area contributed by atoms with Crippen LogP contribution in [0, 0.1) is 11.6 Å². The van der Waals surface area contributed by atoms with Crippen LogP contribution in [0.1, 0.15) is 53.7 Å². The Morgan fingerprint density at radius 2 is 1.46 bits per heavy atom. The molecule has 6 nitrogen and oxygen atoms in total. The number of H-pyrrole nitrogens is 1. The van der Waals surface area contributed by atoms with Crippen molar-refractivity contribution >= 4 is 5.97 Å². The van der Waals surface area contributed by atoms with Gasteiger partial charge in [-0.15, -0.1) is 0 Å². The van der Waals surface area contributed by atoms with E-state index in [1.165, 1.54) is 28.9 Å². The summed E-state index contributed by atoms with van der Waals surface area (Å²) in [5.41, 5.74) is 2.63. The fraction of sp³-hybridized carbons (Fsp3) is 0.333. The summed E-state index contributed by atoms with van der Waals surface area (Å²) in [5.74, 6) is -2.79. The van der Waals surface area contributed by atoms with E-state index in [0.717, 1.165) is 57.5 Å². The second-order valence-electron chi connectivity index (χ2n) is 10.6. The molecule has 1 fully saturated rings. The van der Waals surface area contributed by atoms with E-state index in [0.29, 0.717) is 13.0 Å². The summed E-state index contributed by atoms with van der Waals surface area (Å²) >= 11 is 0. The highest BCUT2D eigenvalue weighted by Crippen LogP contribution is 2.41. The van der Waals surface area contributed by atoms with Crippen molar-refractivity contribution in [3.63, 3.8) is 0 Å². The van der Waals surface area contributed by atoms with E-state index in [2.05, 4.69) is 70.5 Å². The van der Waals surface area contributed by atoms with Gasteiger partial charge in [-0.25, -0.2) is 18.4 Å². The summed E-state index contributed by atoms with van der Waals surface area (Å²) in [6, 6.07) is 24.9. The predicted molar refractivity (Wildman–Crippen MR) is 155 cm³/mol. The average Bonchev–Trinajstić information content (AvgIpc) is 3.35. The second-order valence-corrected chi connectivity index (χ2v) is 10.6. The molecule has 41 heavy (non-hydrogen) atoms. The minimum Gasteiger partial charge on any atom is -0.464 e. The number of aromatic nitrogens is 2. The molecule has 0 radical (unpaired) electrons. The standard InChI is InChI=1S/C33H35F2N3O3/c1-41-31(39)29-30(24-15-16-27(34)28(35)23-24)38(32(40)36-29)20-10-4-9-19-37-21-17-33(18-22-37,25-11-5-2-6-12-25)26-13-7-3-8-14-26/h2-3,5-8,11-16,23H,4,9-10,17-22H2,1H3,(H,36,40). The molecule has 0 atom stereocenters. The van der Waals surface area contributed by atoms with E-state index in [4.69, 9.17) is 4.74 Å². The van der Waals surface area contributed by atoms with Gasteiger partial charge in [0.25, 0.3) is 0 Å². The zero-order valence-corrected chi connectivity index (χ0v) is 23.2. The molecule has 4 aromatic rings. The fourth-order valence-electron chi connectivity index (χ4n) is 6.08. The summed E-state index contributed by atoms with van der Waals surface area (Å²) in [4.78, 5) is 30.1. The number of imidazole rings is 1. The molecule has 0 spiro atoms. The molecule has 1 aliphatic rings. The smallest absolute Gasteiger partial charge is 0.356 e. The molecule has 1 aromatic heterocycles. The van der Waals surface area contributed by atoms with Crippen molar-refractivity contribution in [1.29, 1.82) is 0 Å². The van der Waals surface area contributed by atoms with Gasteiger partial charge in [0.05, 0.1) is 12.8 Å². The SMILES string of the molecule is COC(=O)c1[nH]c(=O)n(CCCCCN2CCC(c3ccccc3)(c3ccccc3)CC2)c1-c1ccc(F)c(F)c1. The summed E-state index contributed by atoms with van der Waals surface area (Å²) in [5, 5.41) is 0. The number of hydrogen-bond donors (Lipinski definition) is 1. The molecule has 214 valence electrons. The average molecular weight is 560 g/mol. The van der Waals surface area contributed by atoms with Gasteiger partial charge in [-0.3, -0.25) is 9.55 Å². The first-order valence-corrected chi connectivity index (χ1v) is 14.1. The first-order valence-electron chi connectivity index (χ1n) is 14.1. The number of nitrogens with one attached hydrogen (secondary N) is 1. The van der Waals surface area contributed by atoms with Crippen molar-refractivity contribution in [2.75, 3.05) is 26.7 Å². The Labute approximate surface area is 238 Å². The number of likely N-dealkylation sites (tertiary alicyclic amines) is 1. The Kier molecular flexibility index (Phi) is 8.78. The molecule has 0 amide bonds. The number of piperidine rings is 1. The zero-order chi connectivity index (χ0) is 28.8. The molecule has 5 rings (SSSR count). The van der Waals surface area contributed by atoms with Crippen molar-refractivity contribution in [2.45, 2.75) is 44.1 Å². The second kappa shape index (κ2) is 12.6. The Morgan fingerprint density at radius 3 is 2.05 bits per heavy atom. The number of nitrogens with zero attached hydrogens (tertiary/aromatic N) is 2. The third-order valence-corrected chi connectivity index (χ3v) is 8.28. The van der Waals surface area contributed by atoms with Crippen LogP contribution in [0.15, 0.2) is 83.7 Å². The summed E-state index contributed by atoms with van der Waals surface area (Å²) in [6.07, 6.45) is 4.64. The number of methoxy groups -OCH3 is 1. The van der Waals surface area contributed by atoms with Crippen LogP contribution in [0.25, 0.3) is 11.3 Å². The Balaban J connectivity index is 1.20. The van der Waals surface area contributed by atoms with Crippen LogP contribution in [0.2, 0.25) is 0 Å². The molecule has 1 N–H and O–H groups in total. The molecule has 1 saturated heterocycles. The monoisotopic (exact) mass is 559 g/mol. The van der Waals surface area contributed by atoms with Crippen LogP contribution in [0.3, 0.4) is 0 Å². The van der Waals surface area contributed by atoms with Crippen LogP contribution >= 0.6 is 0 Å². The van der Waals surface area contributed by atoms with Crippen LogP contribution in [0.4, 0.5) is 8.78 Å². The van der Waals surface area contributed by atoms with Gasteiger partial charge in [0.2, 0.25) is 0 Å². The lowest BCUT2D eigenvalue weighted by Gasteiger charge is -2.43. The van der Waals surface area contributed by atoms with Crippen molar-refractivity contribution < 1.29 is 18.3 Å². The van der Waals surface area contributed by atoms with Gasteiger partial charge in [-0.1, -0.05) is 67.1 Å². The number of hydrogen-bond acceptors (Lipinski definition) is 4. The van der Waals surface area contributed by atoms with Crippen LogP contribution in [0.5, 0.6) is 0 Å². The van der Waals surface area contributed by atoms with Crippen LogP contribution in [-0.4, -0.2) is 47.2 Å². The van der Waals surface area contributed by atoms with E-state index in [9.17, 15) is 18.4 Å². The summed E-state index contributed by atoms with van der Waals surface area (Å²) < 4.78 is 33.8. The Hall–Kier alpha value is -4.04. The number of aromatic amines is 1. The van der Waals surface area contributed by atoms with E-state index in [-0.39, 0.29) is 22.4 Å². The summed E-state index contributed by atoms with van der Waals surface area (Å²) in [6.45, 7) is 3.31. The van der Waals surface area contributed by atoms with Crippen molar-refractivity contribution in [2.24, 2.45) is 0 Å². The molecule has 3 aromatic carbocycles. The highest BCUT2D eigenvalue weighted by Gasteiger charge is 2.37. The van der Waals surface area contributed by atoms with Gasteiger partial charge in [0.15, 0.2) is 17.3 Å². The topological polar surface area (TPSA) is 67.3 Å². The Morgan fingerprint density at radius 1 is 0.854 bits per heavy atom. The van der Waals surface area contributed by atoms with Crippen LogP contribution in [-0.2, 0) is 16.7 Å². The molecule has 2 heterocycles. The Bertz CT molecular complexity index is 1480. The van der Waals surface area contributed by atoms with Crippen molar-refractivity contribution in [3.05, 3.63) is 118 Å². The minimum absolute atomic E-state index is 0.0159. The third kappa shape index (κ3) is 6.03. The molecule has 0 saturated carbocycles. The van der Waals surface area contributed by atoms with E-state index in [1.54, 1.807) is 0 Å². The molecular formula is C33H35F2N3O3. The first kappa shape index (κ1) is 28.5. The number of ether oxygens (including phenoxy) is 1. The van der Waals surface area contributed by atoms with Gasteiger partial charge >= 0.3 is 11.7 Å². The van der Waals surface area contributed by atoms with E-state index >= 15 is 0 Å². The molecular weight excluding hydrogens is 524 g/mol. The highest BCUT2D eigenvalue weighted by atomic mass is 19.2. The maximum atomic E-state index is 14.0. The van der Waals surface area contributed by atoms with E-state index in [1.807, 2.05) is 0 Å². The number of carbonyl (C=O) groups excluding carboxylic acids is 1. The number of carbonyl (C=O) groups is 1. The maximum Gasteiger partial charge on any atom is 0.356 e. The largest absolute Gasteiger partial charge is 0.464 e. The zero-order valence-electron chi connectivity index (χ0n) is 23.2. The van der Waals surface area contributed by atoms with Crippen molar-refractivity contribution in [3.8, 4) is 11.3 Å². The van der Waals surface area contributed by atoms with Crippen molar-refractivity contribution in [1.82, 2.24) is 14.5 Å². The van der Waals surface area contributed by atoms with Gasteiger partial charge in [-0.2, -0.15) is 0 Å². The van der Waals surface area contributed by atoms with E-state index < -0.39 is 23.3 Å². The maximum absolute atomic E-state index is 14.0. The molecule has 0 bridgehead atoms. The first-order chi connectivity index (χ1) is 19.9. The molecule has 0 aliphatic carbocycles. The van der Waals surface area contributed by atoms with Crippen LogP contribution < -0.4 is 5.69 Å². The van der Waals surface area contributed by atoms with Gasteiger partial charge < -0.3 is 9.64 Å². The fourth-order valence-corrected chi connectivity index (χ4v) is 6.08. The lowest BCUT2D eigenvalue weighted by molar-refractivity contribution is 0.0595. The lowest BCUT2D eigenvalue weighted by atomic mass is 9.68. The molecule has 0 unspecified atom stereocenters. The highest BCUT2D eigenvalue weighted by molar-refractivity contribution is 5.94. The quantitative estimate of drug-likeness (QED) is 0.187. The molecule has 1 aliphatic heterocycles. The number of esters is 1. The van der Waals surface area contributed by atoms with Gasteiger partial charge in [-0.05, 0) is 74.6 Å².